The van der Waals surface area contributed by atoms with Crippen LogP contribution in [0, 0.1) is 0 Å². The molecule has 1 fully saturated rings. The quantitative estimate of drug-likeness (QED) is 0.471. The Hall–Kier alpha value is -2.96. The van der Waals surface area contributed by atoms with Gasteiger partial charge in [0.2, 0.25) is 0 Å². The predicted molar refractivity (Wildman–Crippen MR) is 130 cm³/mol. The zero-order chi connectivity index (χ0) is 23.2. The number of anilines is 1. The second-order valence-electron chi connectivity index (χ2n) is 9.12. The second kappa shape index (κ2) is 8.43. The highest BCUT2D eigenvalue weighted by atomic mass is 35.5. The van der Waals surface area contributed by atoms with Crippen LogP contribution >= 0.6 is 11.6 Å². The number of aliphatic hydroxyl groups is 1. The van der Waals surface area contributed by atoms with E-state index in [1.807, 2.05) is 36.4 Å². The van der Waals surface area contributed by atoms with Gasteiger partial charge in [-0.05, 0) is 30.5 Å². The highest BCUT2D eigenvalue weighted by molar-refractivity contribution is 6.34. The summed E-state index contributed by atoms with van der Waals surface area (Å²) >= 11 is 6.68. The van der Waals surface area contributed by atoms with Crippen LogP contribution in [0.4, 0.5) is 5.69 Å². The summed E-state index contributed by atoms with van der Waals surface area (Å²) in [5.41, 5.74) is 2.90. The Kier molecular flexibility index (Phi) is 5.59. The predicted octanol–water partition coefficient (Wildman–Crippen LogP) is 5.54. The average Bonchev–Trinajstić information content (AvgIpc) is 3.23. The fourth-order valence-corrected chi connectivity index (χ4v) is 5.47. The molecule has 0 bridgehead atoms. The van der Waals surface area contributed by atoms with Crippen LogP contribution in [-0.4, -0.2) is 29.5 Å². The minimum Gasteiger partial charge on any atom is -0.450 e. The smallest absolute Gasteiger partial charge is 0.289 e. The molecule has 5 rings (SSSR count). The molecule has 1 saturated carbocycles. The van der Waals surface area contributed by atoms with Crippen LogP contribution in [0.5, 0.6) is 0 Å². The summed E-state index contributed by atoms with van der Waals surface area (Å²) in [6, 6.07) is 12.9. The van der Waals surface area contributed by atoms with Gasteiger partial charge in [-0.2, -0.15) is 0 Å². The largest absolute Gasteiger partial charge is 0.450 e. The maximum absolute atomic E-state index is 13.2. The number of fused-ring (bicyclic) bond motifs is 4. The summed E-state index contributed by atoms with van der Waals surface area (Å²) in [7, 11) is 1.67. The molecule has 1 unspecified atom stereocenters. The number of halogens is 1. The van der Waals surface area contributed by atoms with Crippen molar-refractivity contribution in [2.75, 3.05) is 18.9 Å². The number of likely N-dealkylation sites (N-methyl/N-ethyl adjacent to an activating group) is 1. The van der Waals surface area contributed by atoms with E-state index in [2.05, 4.69) is 17.2 Å². The summed E-state index contributed by atoms with van der Waals surface area (Å²) in [6.45, 7) is 4.26. The van der Waals surface area contributed by atoms with Crippen molar-refractivity contribution in [1.29, 1.82) is 0 Å². The third-order valence-electron chi connectivity index (χ3n) is 6.80. The number of furan rings is 1. The number of carbonyl (C=O) groups is 1. The second-order valence-corrected chi connectivity index (χ2v) is 9.53. The Morgan fingerprint density at radius 3 is 2.70 bits per heavy atom. The Morgan fingerprint density at radius 1 is 1.24 bits per heavy atom. The molecule has 1 aliphatic carbocycles. The summed E-state index contributed by atoms with van der Waals surface area (Å²) in [5, 5.41) is 18.7. The fourth-order valence-electron chi connectivity index (χ4n) is 5.21. The monoisotopic (exact) mass is 465 g/mol. The average molecular weight is 466 g/mol. The zero-order valence-corrected chi connectivity index (χ0v) is 19.4. The van der Waals surface area contributed by atoms with Gasteiger partial charge in [0, 0.05) is 18.0 Å². The number of amides is 1. The molecule has 1 amide bonds. The van der Waals surface area contributed by atoms with Crippen molar-refractivity contribution in [3.05, 3.63) is 76.8 Å². The van der Waals surface area contributed by atoms with E-state index >= 15 is 0 Å². The molecule has 3 aromatic rings. The van der Waals surface area contributed by atoms with E-state index in [4.69, 9.17) is 16.0 Å². The topological polar surface area (TPSA) is 77.7 Å². The highest BCUT2D eigenvalue weighted by Gasteiger charge is 2.42. The van der Waals surface area contributed by atoms with E-state index < -0.39 is 6.10 Å². The van der Waals surface area contributed by atoms with Crippen molar-refractivity contribution in [2.45, 2.75) is 43.7 Å². The molecule has 2 aromatic carbocycles. The van der Waals surface area contributed by atoms with Gasteiger partial charge >= 0.3 is 0 Å². The maximum Gasteiger partial charge on any atom is 0.289 e. The number of benzene rings is 2. The molecule has 0 radical (unpaired) electrons. The third-order valence-corrected chi connectivity index (χ3v) is 7.10. The normalized spacial score (nSPS) is 17.8. The van der Waals surface area contributed by atoms with E-state index in [0.29, 0.717) is 10.6 Å². The van der Waals surface area contributed by atoms with E-state index in [0.717, 1.165) is 53.7 Å². The number of nitrogens with one attached hydrogen (secondary N) is 2. The van der Waals surface area contributed by atoms with Crippen LogP contribution in [0.2, 0.25) is 5.02 Å². The molecule has 3 N–H and O–H groups in total. The van der Waals surface area contributed by atoms with Gasteiger partial charge in [-0.15, -0.1) is 0 Å². The number of carbonyl (C=O) groups excluding carboxylic acids is 1. The molecule has 1 atom stereocenters. The van der Waals surface area contributed by atoms with Crippen molar-refractivity contribution in [2.24, 2.45) is 0 Å². The molecule has 1 spiro atoms. The van der Waals surface area contributed by atoms with Crippen molar-refractivity contribution in [3.63, 3.8) is 0 Å². The van der Waals surface area contributed by atoms with E-state index in [1.165, 1.54) is 11.3 Å². The van der Waals surface area contributed by atoms with E-state index in [9.17, 15) is 9.90 Å². The molecule has 172 valence electrons. The van der Waals surface area contributed by atoms with Crippen molar-refractivity contribution in [1.82, 2.24) is 10.2 Å². The molecule has 2 aliphatic rings. The molecular formula is C26H28ClN3O3. The van der Waals surface area contributed by atoms with Crippen molar-refractivity contribution >= 4 is 34.2 Å². The van der Waals surface area contributed by atoms with E-state index in [1.54, 1.807) is 13.1 Å². The number of rotatable bonds is 4. The number of hydrogen-bond acceptors (Lipinski definition) is 5. The number of aliphatic hydroxyl groups excluding tert-OH is 1. The highest BCUT2D eigenvalue weighted by Crippen LogP contribution is 2.49. The molecule has 0 saturated heterocycles. The minimum atomic E-state index is -0.781. The molecule has 6 nitrogen and oxygen atoms in total. The molecule has 1 aliphatic heterocycles. The van der Waals surface area contributed by atoms with Gasteiger partial charge in [0.05, 0.1) is 34.7 Å². The standard InChI is InChI=1S/C26H28ClN3O3/c1-16-28-23-19(27)13-18-14-21(25(32)30(2)15-20(31)17-9-5-3-6-10-17)33-24(18)22(23)26(29-16)11-7-4-8-12-26/h3,5-6,9-10,13-14,20,28-29,31H,1,4,7-8,11-12,15H2,2H3. The molecule has 33 heavy (non-hydrogen) atoms. The molecule has 7 heteroatoms. The van der Waals surface area contributed by atoms with Gasteiger partial charge in [0.1, 0.15) is 5.58 Å². The first kappa shape index (κ1) is 21.9. The van der Waals surface area contributed by atoms with Gasteiger partial charge in [-0.1, -0.05) is 67.8 Å². The first-order chi connectivity index (χ1) is 15.9. The first-order valence-electron chi connectivity index (χ1n) is 11.4. The van der Waals surface area contributed by atoms with Crippen molar-refractivity contribution in [3.8, 4) is 0 Å². The zero-order valence-electron chi connectivity index (χ0n) is 18.7. The van der Waals surface area contributed by atoms with Crippen LogP contribution in [0.3, 0.4) is 0 Å². The Bertz CT molecular complexity index is 1210. The summed E-state index contributed by atoms with van der Waals surface area (Å²) in [4.78, 5) is 14.7. The SMILES string of the molecule is C=C1Nc2c(Cl)cc3cc(C(=O)N(C)CC(O)c4ccccc4)oc3c2C2(CCCCC2)N1. The lowest BCUT2D eigenvalue weighted by Crippen LogP contribution is -2.48. The van der Waals surface area contributed by atoms with Gasteiger partial charge in [-0.25, -0.2) is 0 Å². The molecule has 2 heterocycles. The first-order valence-corrected chi connectivity index (χ1v) is 11.7. The van der Waals surface area contributed by atoms with Gasteiger partial charge in [0.15, 0.2) is 5.76 Å². The summed E-state index contributed by atoms with van der Waals surface area (Å²) in [6.07, 6.45) is 4.50. The number of nitrogens with zero attached hydrogens (tertiary/aromatic N) is 1. The minimum absolute atomic E-state index is 0.158. The Balaban J connectivity index is 1.50. The van der Waals surface area contributed by atoms with E-state index in [-0.39, 0.29) is 23.8 Å². The van der Waals surface area contributed by atoms with Crippen LogP contribution in [0.25, 0.3) is 11.0 Å². The van der Waals surface area contributed by atoms with Crippen LogP contribution < -0.4 is 10.6 Å². The lowest BCUT2D eigenvalue weighted by molar-refractivity contribution is 0.0653. The summed E-state index contributed by atoms with van der Waals surface area (Å²) in [5.74, 6) is 0.667. The number of hydrogen-bond donors (Lipinski definition) is 3. The molecular weight excluding hydrogens is 438 g/mol. The Morgan fingerprint density at radius 2 is 1.97 bits per heavy atom. The van der Waals surface area contributed by atoms with Crippen LogP contribution in [0.15, 0.2) is 59.3 Å². The maximum atomic E-state index is 13.2. The fraction of sp³-hybridized carbons (Fsp3) is 0.346. The third kappa shape index (κ3) is 3.87. The Labute approximate surface area is 198 Å². The van der Waals surface area contributed by atoms with Crippen LogP contribution in [-0.2, 0) is 5.54 Å². The van der Waals surface area contributed by atoms with Crippen molar-refractivity contribution < 1.29 is 14.3 Å². The molecule has 1 aromatic heterocycles. The summed E-state index contributed by atoms with van der Waals surface area (Å²) < 4.78 is 6.21. The van der Waals surface area contributed by atoms with Gasteiger partial charge in [-0.3, -0.25) is 4.79 Å². The van der Waals surface area contributed by atoms with Crippen LogP contribution in [0.1, 0.15) is 59.9 Å². The van der Waals surface area contributed by atoms with Gasteiger partial charge in [0.25, 0.3) is 5.91 Å². The lowest BCUT2D eigenvalue weighted by Gasteiger charge is -2.44. The lowest BCUT2D eigenvalue weighted by atomic mass is 9.74. The van der Waals surface area contributed by atoms with Gasteiger partial charge < -0.3 is 25.1 Å².